The van der Waals surface area contributed by atoms with Gasteiger partial charge >= 0.3 is 5.97 Å². The molecular weight excluding hydrogens is 529 g/mol. The molecule has 1 N–H and O–H groups in total. The van der Waals surface area contributed by atoms with Gasteiger partial charge in [-0.3, -0.25) is 4.79 Å². The van der Waals surface area contributed by atoms with Crippen LogP contribution in [0.3, 0.4) is 0 Å². The van der Waals surface area contributed by atoms with E-state index in [2.05, 4.69) is 10.3 Å². The number of nitrogens with one attached hydrogen (secondary N) is 1. The van der Waals surface area contributed by atoms with E-state index in [0.29, 0.717) is 10.7 Å². The molecule has 0 unspecified atom stereocenters. The molecule has 2 aromatic carbocycles. The zero-order valence-electron chi connectivity index (χ0n) is 19.6. The standard InChI is InChI=1S/C24H23Cl2N3O6S/c1-15-18(25)12-19(26)23(27-15)28-22(30)14-35-24(31)17-9-10-20(34-3)21(11-17)36(32,33)29(2)13-16-7-5-4-6-8-16/h4-12H,13-14H2,1-3H3,(H,27,28,30). The van der Waals surface area contributed by atoms with Crippen molar-refractivity contribution in [2.24, 2.45) is 0 Å². The van der Waals surface area contributed by atoms with Gasteiger partial charge in [0.25, 0.3) is 5.91 Å². The van der Waals surface area contributed by atoms with Gasteiger partial charge in [-0.1, -0.05) is 53.5 Å². The van der Waals surface area contributed by atoms with E-state index in [1.54, 1.807) is 31.2 Å². The number of nitrogens with zero attached hydrogens (tertiary/aromatic N) is 2. The average molecular weight is 552 g/mol. The van der Waals surface area contributed by atoms with E-state index >= 15 is 0 Å². The van der Waals surface area contributed by atoms with Crippen LogP contribution in [-0.2, 0) is 26.1 Å². The Hall–Kier alpha value is -3.18. The number of ether oxygens (including phenoxy) is 2. The quantitative estimate of drug-likeness (QED) is 0.393. The Bertz CT molecular complexity index is 1380. The van der Waals surface area contributed by atoms with Crippen LogP contribution in [0.2, 0.25) is 10.0 Å². The average Bonchev–Trinajstić information content (AvgIpc) is 2.86. The second-order valence-corrected chi connectivity index (χ2v) is 10.5. The van der Waals surface area contributed by atoms with Gasteiger partial charge in [0.15, 0.2) is 12.4 Å². The molecule has 3 rings (SSSR count). The van der Waals surface area contributed by atoms with Crippen molar-refractivity contribution < 1.29 is 27.5 Å². The summed E-state index contributed by atoms with van der Waals surface area (Å²) in [5, 5.41) is 2.89. The number of sulfonamides is 1. The molecule has 0 radical (unpaired) electrons. The summed E-state index contributed by atoms with van der Waals surface area (Å²) in [6, 6.07) is 14.3. The summed E-state index contributed by atoms with van der Waals surface area (Å²) >= 11 is 12.0. The minimum atomic E-state index is -4.03. The maximum absolute atomic E-state index is 13.2. The van der Waals surface area contributed by atoms with Crippen LogP contribution in [0.5, 0.6) is 5.75 Å². The van der Waals surface area contributed by atoms with Gasteiger partial charge in [-0.2, -0.15) is 4.31 Å². The lowest BCUT2D eigenvalue weighted by Gasteiger charge is -2.19. The van der Waals surface area contributed by atoms with Gasteiger partial charge in [0.2, 0.25) is 10.0 Å². The van der Waals surface area contributed by atoms with E-state index in [4.69, 9.17) is 32.7 Å². The second-order valence-electron chi connectivity index (χ2n) is 7.62. The summed E-state index contributed by atoms with van der Waals surface area (Å²) < 4.78 is 37.9. The number of hydrogen-bond acceptors (Lipinski definition) is 7. The molecule has 0 aliphatic carbocycles. The summed E-state index contributed by atoms with van der Waals surface area (Å²) in [6.45, 7) is 1.10. The minimum Gasteiger partial charge on any atom is -0.495 e. The fourth-order valence-corrected chi connectivity index (χ4v) is 4.87. The van der Waals surface area contributed by atoms with E-state index < -0.39 is 28.5 Å². The Morgan fingerprint density at radius 1 is 1.06 bits per heavy atom. The summed E-state index contributed by atoms with van der Waals surface area (Å²) in [5.74, 6) is -1.47. The molecule has 0 aliphatic rings. The molecule has 190 valence electrons. The predicted molar refractivity (Wildman–Crippen MR) is 136 cm³/mol. The highest BCUT2D eigenvalue weighted by atomic mass is 35.5. The summed E-state index contributed by atoms with van der Waals surface area (Å²) in [7, 11) is -1.28. The van der Waals surface area contributed by atoms with E-state index in [0.717, 1.165) is 15.9 Å². The number of esters is 1. The molecule has 36 heavy (non-hydrogen) atoms. The molecule has 1 amide bonds. The first-order chi connectivity index (χ1) is 17.0. The van der Waals surface area contributed by atoms with Gasteiger partial charge in [-0.15, -0.1) is 0 Å². The largest absolute Gasteiger partial charge is 0.495 e. The highest BCUT2D eigenvalue weighted by Gasteiger charge is 2.27. The maximum Gasteiger partial charge on any atom is 0.338 e. The Morgan fingerprint density at radius 2 is 1.75 bits per heavy atom. The molecule has 9 nitrogen and oxygen atoms in total. The van der Waals surface area contributed by atoms with Gasteiger partial charge in [0.1, 0.15) is 10.6 Å². The van der Waals surface area contributed by atoms with Crippen molar-refractivity contribution in [2.45, 2.75) is 18.4 Å². The monoisotopic (exact) mass is 551 g/mol. The minimum absolute atomic E-state index is 0.0584. The predicted octanol–water partition coefficient (Wildman–Crippen LogP) is 4.32. The van der Waals surface area contributed by atoms with Crippen LogP contribution in [0.4, 0.5) is 5.82 Å². The molecule has 0 saturated heterocycles. The van der Waals surface area contributed by atoms with Gasteiger partial charge in [0.05, 0.1) is 28.4 Å². The number of aryl methyl sites for hydroxylation is 1. The molecule has 12 heteroatoms. The number of benzene rings is 2. The second kappa shape index (κ2) is 11.7. The van der Waals surface area contributed by atoms with Crippen LogP contribution in [0.1, 0.15) is 21.6 Å². The van der Waals surface area contributed by atoms with Crippen LogP contribution >= 0.6 is 23.2 Å². The Kier molecular flexibility index (Phi) is 8.91. The Morgan fingerprint density at radius 3 is 2.42 bits per heavy atom. The number of hydrogen-bond donors (Lipinski definition) is 1. The van der Waals surface area contributed by atoms with Crippen LogP contribution in [-0.4, -0.2) is 50.3 Å². The Balaban J connectivity index is 1.73. The smallest absolute Gasteiger partial charge is 0.338 e. The third kappa shape index (κ3) is 6.52. The zero-order valence-corrected chi connectivity index (χ0v) is 21.9. The van der Waals surface area contributed by atoms with Crippen molar-refractivity contribution in [3.63, 3.8) is 0 Å². The lowest BCUT2D eigenvalue weighted by atomic mass is 10.2. The first kappa shape index (κ1) is 27.4. The van der Waals surface area contributed by atoms with Crippen molar-refractivity contribution in [3.8, 4) is 5.75 Å². The van der Waals surface area contributed by atoms with Crippen LogP contribution in [0, 0.1) is 6.92 Å². The molecule has 0 saturated carbocycles. The normalized spacial score (nSPS) is 11.3. The summed E-state index contributed by atoms with van der Waals surface area (Å²) in [4.78, 5) is 28.7. The van der Waals surface area contributed by atoms with Crippen LogP contribution < -0.4 is 10.1 Å². The Labute approximate surface area is 219 Å². The lowest BCUT2D eigenvalue weighted by Crippen LogP contribution is -2.27. The van der Waals surface area contributed by atoms with Crippen molar-refractivity contribution in [1.29, 1.82) is 0 Å². The molecule has 3 aromatic rings. The topological polar surface area (TPSA) is 115 Å². The third-order valence-electron chi connectivity index (χ3n) is 5.03. The first-order valence-corrected chi connectivity index (χ1v) is 12.7. The number of pyridine rings is 1. The van der Waals surface area contributed by atoms with Gasteiger partial charge in [-0.25, -0.2) is 18.2 Å². The molecule has 0 spiro atoms. The third-order valence-corrected chi connectivity index (χ3v) is 7.53. The maximum atomic E-state index is 13.2. The fraction of sp³-hybridized carbons (Fsp3) is 0.208. The first-order valence-electron chi connectivity index (χ1n) is 10.5. The lowest BCUT2D eigenvalue weighted by molar-refractivity contribution is -0.119. The molecule has 0 aliphatic heterocycles. The summed E-state index contributed by atoms with van der Waals surface area (Å²) in [6.07, 6.45) is 0. The number of halogens is 2. The number of carbonyl (C=O) groups is 2. The van der Waals surface area contributed by atoms with Crippen LogP contribution in [0.15, 0.2) is 59.5 Å². The molecule has 1 heterocycles. The van der Waals surface area contributed by atoms with E-state index in [-0.39, 0.29) is 33.6 Å². The number of aromatic nitrogens is 1. The number of anilines is 1. The molecule has 0 atom stereocenters. The van der Waals surface area contributed by atoms with Gasteiger partial charge in [0, 0.05) is 13.6 Å². The van der Waals surface area contributed by atoms with Gasteiger partial charge in [-0.05, 0) is 36.8 Å². The van der Waals surface area contributed by atoms with Gasteiger partial charge < -0.3 is 14.8 Å². The molecule has 0 fully saturated rings. The van der Waals surface area contributed by atoms with E-state index in [1.165, 1.54) is 32.4 Å². The van der Waals surface area contributed by atoms with Crippen molar-refractivity contribution in [2.75, 3.05) is 26.1 Å². The van der Waals surface area contributed by atoms with Crippen molar-refractivity contribution >= 4 is 50.9 Å². The van der Waals surface area contributed by atoms with E-state index in [9.17, 15) is 18.0 Å². The molecule has 1 aromatic heterocycles. The van der Waals surface area contributed by atoms with E-state index in [1.807, 2.05) is 6.07 Å². The van der Waals surface area contributed by atoms with Crippen molar-refractivity contribution in [1.82, 2.24) is 9.29 Å². The molecular formula is C24H23Cl2N3O6S. The highest BCUT2D eigenvalue weighted by Crippen LogP contribution is 2.29. The number of carbonyl (C=O) groups excluding carboxylic acids is 2. The number of rotatable bonds is 9. The SMILES string of the molecule is COc1ccc(C(=O)OCC(=O)Nc2nc(C)c(Cl)cc2Cl)cc1S(=O)(=O)N(C)Cc1ccccc1. The zero-order chi connectivity index (χ0) is 26.5. The number of methoxy groups -OCH3 is 1. The molecule has 0 bridgehead atoms. The summed E-state index contributed by atoms with van der Waals surface area (Å²) in [5.41, 5.74) is 1.17. The number of amides is 1. The highest BCUT2D eigenvalue weighted by molar-refractivity contribution is 7.89. The van der Waals surface area contributed by atoms with Crippen molar-refractivity contribution in [3.05, 3.63) is 81.5 Å². The fourth-order valence-electron chi connectivity index (χ4n) is 3.13. The van der Waals surface area contributed by atoms with Crippen LogP contribution in [0.25, 0.3) is 0 Å².